The van der Waals surface area contributed by atoms with E-state index in [1.165, 1.54) is 44.4 Å². The molecule has 0 aliphatic heterocycles. The smallest absolute Gasteiger partial charge is 0.240 e. The average Bonchev–Trinajstić information content (AvgIpc) is 2.60. The molecule has 5 nitrogen and oxygen atoms in total. The summed E-state index contributed by atoms with van der Waals surface area (Å²) >= 11 is 0. The van der Waals surface area contributed by atoms with E-state index in [1.54, 1.807) is 4.90 Å². The number of halogens is 1. The van der Waals surface area contributed by atoms with Gasteiger partial charge in [0.25, 0.3) is 0 Å². The Kier molecular flexibility index (Phi) is 7.34. The van der Waals surface area contributed by atoms with Crippen LogP contribution in [0.25, 0.3) is 0 Å². The number of allylic oxidation sites excluding steroid dienone is 1. The maximum Gasteiger partial charge on any atom is 0.240 e. The number of carbonyl (C=O) groups excluding carboxylic acids is 1. The van der Waals surface area contributed by atoms with Gasteiger partial charge < -0.3 is 4.90 Å². The first-order valence-electron chi connectivity index (χ1n) is 8.99. The predicted octanol–water partition coefficient (Wildman–Crippen LogP) is 3.15. The van der Waals surface area contributed by atoms with Crippen molar-refractivity contribution in [3.8, 4) is 0 Å². The minimum atomic E-state index is -3.72. The van der Waals surface area contributed by atoms with Gasteiger partial charge in [0, 0.05) is 26.6 Å². The molecule has 26 heavy (non-hydrogen) atoms. The van der Waals surface area contributed by atoms with E-state index in [9.17, 15) is 17.6 Å². The highest BCUT2D eigenvalue weighted by Crippen LogP contribution is 2.20. The Morgan fingerprint density at radius 3 is 2.65 bits per heavy atom. The third-order valence-electron chi connectivity index (χ3n) is 4.65. The molecule has 2 rings (SSSR count). The maximum atomic E-state index is 13.3. The number of hydrogen-bond donors (Lipinski definition) is 1. The van der Waals surface area contributed by atoms with Crippen molar-refractivity contribution in [2.45, 2.75) is 50.8 Å². The second-order valence-electron chi connectivity index (χ2n) is 6.67. The topological polar surface area (TPSA) is 66.5 Å². The van der Waals surface area contributed by atoms with E-state index in [0.29, 0.717) is 13.1 Å². The zero-order valence-corrected chi connectivity index (χ0v) is 16.2. The van der Waals surface area contributed by atoms with E-state index < -0.39 is 15.8 Å². The Labute approximate surface area is 155 Å². The summed E-state index contributed by atoms with van der Waals surface area (Å²) in [6.07, 6.45) is 7.70. The van der Waals surface area contributed by atoms with Crippen LogP contribution in [-0.2, 0) is 14.8 Å². The Morgan fingerprint density at radius 2 is 2.04 bits per heavy atom. The molecule has 0 aromatic heterocycles. The minimum Gasteiger partial charge on any atom is -0.341 e. The lowest BCUT2D eigenvalue weighted by atomic mass is 9.97. The summed E-state index contributed by atoms with van der Waals surface area (Å²) in [5.74, 6) is -0.512. The molecule has 1 N–H and O–H groups in total. The lowest BCUT2D eigenvalue weighted by Crippen LogP contribution is -2.38. The van der Waals surface area contributed by atoms with Gasteiger partial charge in [-0.05, 0) is 62.8 Å². The van der Waals surface area contributed by atoms with Crippen LogP contribution in [-0.4, -0.2) is 38.9 Å². The van der Waals surface area contributed by atoms with Crippen molar-refractivity contribution < 1.29 is 17.6 Å². The molecule has 0 heterocycles. The molecule has 1 aliphatic rings. The van der Waals surface area contributed by atoms with E-state index in [0.717, 1.165) is 25.3 Å². The Bertz CT molecular complexity index is 775. The van der Waals surface area contributed by atoms with Crippen molar-refractivity contribution in [3.63, 3.8) is 0 Å². The van der Waals surface area contributed by atoms with Gasteiger partial charge in [0.1, 0.15) is 5.82 Å². The molecule has 1 aliphatic carbocycles. The standard InChI is InChI=1S/C19H27FN2O3S/c1-15-14-18(8-9-19(15)20)26(24,25)21-11-13-22(16(2)23)12-10-17-6-4-3-5-7-17/h6,8-9,14,21H,3-5,7,10-13H2,1-2H3. The fraction of sp³-hybridized carbons (Fsp3) is 0.526. The molecule has 0 saturated heterocycles. The Morgan fingerprint density at radius 1 is 1.27 bits per heavy atom. The van der Waals surface area contributed by atoms with E-state index in [2.05, 4.69) is 10.8 Å². The average molecular weight is 383 g/mol. The number of hydrogen-bond acceptors (Lipinski definition) is 3. The molecule has 0 radical (unpaired) electrons. The van der Waals surface area contributed by atoms with E-state index in [-0.39, 0.29) is 22.9 Å². The lowest BCUT2D eigenvalue weighted by Gasteiger charge is -2.23. The number of carbonyl (C=O) groups is 1. The molecule has 0 fully saturated rings. The van der Waals surface area contributed by atoms with Crippen LogP contribution in [0, 0.1) is 12.7 Å². The van der Waals surface area contributed by atoms with Crippen molar-refractivity contribution in [1.82, 2.24) is 9.62 Å². The third-order valence-corrected chi connectivity index (χ3v) is 6.11. The largest absolute Gasteiger partial charge is 0.341 e. The van der Waals surface area contributed by atoms with Crippen LogP contribution in [0.1, 0.15) is 44.6 Å². The molecule has 7 heteroatoms. The monoisotopic (exact) mass is 382 g/mol. The van der Waals surface area contributed by atoms with Crippen molar-refractivity contribution in [2.24, 2.45) is 0 Å². The molecule has 1 aromatic carbocycles. The number of sulfonamides is 1. The number of aryl methyl sites for hydroxylation is 1. The zero-order valence-electron chi connectivity index (χ0n) is 15.4. The highest BCUT2D eigenvalue weighted by Gasteiger charge is 2.16. The van der Waals surface area contributed by atoms with Crippen LogP contribution >= 0.6 is 0 Å². The van der Waals surface area contributed by atoms with E-state index >= 15 is 0 Å². The fourth-order valence-electron chi connectivity index (χ4n) is 3.02. The first-order chi connectivity index (χ1) is 12.3. The predicted molar refractivity (Wildman–Crippen MR) is 99.7 cm³/mol. The molecule has 0 bridgehead atoms. The van der Waals surface area contributed by atoms with Crippen LogP contribution in [0.3, 0.4) is 0 Å². The number of rotatable bonds is 8. The number of nitrogens with one attached hydrogen (secondary N) is 1. The highest BCUT2D eigenvalue weighted by atomic mass is 32.2. The third kappa shape index (κ3) is 5.92. The molecule has 1 amide bonds. The van der Waals surface area contributed by atoms with Crippen LogP contribution in [0.4, 0.5) is 4.39 Å². The van der Waals surface area contributed by atoms with Gasteiger partial charge in [-0.25, -0.2) is 17.5 Å². The summed E-state index contributed by atoms with van der Waals surface area (Å²) in [7, 11) is -3.72. The molecule has 144 valence electrons. The van der Waals surface area contributed by atoms with Gasteiger partial charge in [0.2, 0.25) is 15.9 Å². The highest BCUT2D eigenvalue weighted by molar-refractivity contribution is 7.89. The van der Waals surface area contributed by atoms with Gasteiger partial charge in [-0.3, -0.25) is 4.79 Å². The number of benzene rings is 1. The summed E-state index contributed by atoms with van der Waals surface area (Å²) in [6.45, 7) is 4.04. The summed E-state index contributed by atoms with van der Waals surface area (Å²) in [4.78, 5) is 13.5. The van der Waals surface area contributed by atoms with Crippen molar-refractivity contribution >= 4 is 15.9 Å². The van der Waals surface area contributed by atoms with Crippen molar-refractivity contribution in [2.75, 3.05) is 19.6 Å². The second kappa shape index (κ2) is 9.28. The van der Waals surface area contributed by atoms with Gasteiger partial charge >= 0.3 is 0 Å². The van der Waals surface area contributed by atoms with Crippen LogP contribution < -0.4 is 4.72 Å². The Balaban J connectivity index is 1.88. The summed E-state index contributed by atoms with van der Waals surface area (Å²) < 4.78 is 40.4. The Hall–Kier alpha value is -1.73. The minimum absolute atomic E-state index is 0.0261. The number of amides is 1. The molecule has 0 spiro atoms. The SMILES string of the molecule is CC(=O)N(CCNS(=O)(=O)c1ccc(F)c(C)c1)CCC1=CCCCC1. The summed E-state index contributed by atoms with van der Waals surface area (Å²) in [6, 6.07) is 3.68. The summed E-state index contributed by atoms with van der Waals surface area (Å²) in [5.41, 5.74) is 1.66. The number of nitrogens with zero attached hydrogens (tertiary/aromatic N) is 1. The molecule has 0 saturated carbocycles. The van der Waals surface area contributed by atoms with E-state index in [4.69, 9.17) is 0 Å². The van der Waals surface area contributed by atoms with Gasteiger partial charge in [0.15, 0.2) is 0 Å². The molecular formula is C19H27FN2O3S. The summed E-state index contributed by atoms with van der Waals surface area (Å²) in [5, 5.41) is 0. The first kappa shape index (κ1) is 20.6. The lowest BCUT2D eigenvalue weighted by molar-refractivity contribution is -0.128. The quantitative estimate of drug-likeness (QED) is 0.703. The molecule has 0 unspecified atom stereocenters. The normalized spacial score (nSPS) is 14.8. The van der Waals surface area contributed by atoms with Gasteiger partial charge in [-0.1, -0.05) is 11.6 Å². The fourth-order valence-corrected chi connectivity index (χ4v) is 4.13. The van der Waals surface area contributed by atoms with Gasteiger partial charge in [0.05, 0.1) is 4.90 Å². The zero-order chi connectivity index (χ0) is 19.2. The van der Waals surface area contributed by atoms with Crippen LogP contribution in [0.5, 0.6) is 0 Å². The van der Waals surface area contributed by atoms with Crippen molar-refractivity contribution in [3.05, 3.63) is 41.2 Å². The molecule has 0 atom stereocenters. The van der Waals surface area contributed by atoms with Crippen molar-refractivity contribution in [1.29, 1.82) is 0 Å². The van der Waals surface area contributed by atoms with E-state index in [1.807, 2.05) is 0 Å². The maximum absolute atomic E-state index is 13.3. The molecule has 1 aromatic rings. The van der Waals surface area contributed by atoms with Crippen LogP contribution in [0.15, 0.2) is 34.7 Å². The van der Waals surface area contributed by atoms with Gasteiger partial charge in [-0.15, -0.1) is 0 Å². The van der Waals surface area contributed by atoms with Crippen LogP contribution in [0.2, 0.25) is 0 Å². The molecular weight excluding hydrogens is 355 g/mol. The van der Waals surface area contributed by atoms with Gasteiger partial charge in [-0.2, -0.15) is 0 Å². The second-order valence-corrected chi connectivity index (χ2v) is 8.44. The first-order valence-corrected chi connectivity index (χ1v) is 10.5.